The zero-order chi connectivity index (χ0) is 27.0. The molecule has 0 atom stereocenters. The van der Waals surface area contributed by atoms with Crippen molar-refractivity contribution in [3.8, 4) is 22.9 Å². The summed E-state index contributed by atoms with van der Waals surface area (Å²) in [5, 5.41) is 10.4. The van der Waals surface area contributed by atoms with Gasteiger partial charge in [0.2, 0.25) is 0 Å². The van der Waals surface area contributed by atoms with Crippen molar-refractivity contribution in [2.45, 2.75) is 6.54 Å². The Hall–Kier alpha value is -5.44. The summed E-state index contributed by atoms with van der Waals surface area (Å²) in [6.07, 6.45) is 4.83. The lowest BCUT2D eigenvalue weighted by Gasteiger charge is -2.15. The number of ether oxygens (including phenoxy) is 2. The molecule has 0 unspecified atom stereocenters. The van der Waals surface area contributed by atoms with Gasteiger partial charge in [0.1, 0.15) is 11.5 Å². The van der Waals surface area contributed by atoms with Crippen LogP contribution in [0.1, 0.15) is 15.9 Å². The Labute approximate surface area is 224 Å². The van der Waals surface area contributed by atoms with Crippen molar-refractivity contribution in [2.75, 3.05) is 12.4 Å². The van der Waals surface area contributed by atoms with Crippen molar-refractivity contribution in [3.05, 3.63) is 131 Å². The van der Waals surface area contributed by atoms with Crippen molar-refractivity contribution in [2.24, 2.45) is 0 Å². The fourth-order valence-corrected chi connectivity index (χ4v) is 3.82. The number of para-hydroxylation sites is 1. The van der Waals surface area contributed by atoms with Crippen LogP contribution in [0.25, 0.3) is 5.69 Å². The van der Waals surface area contributed by atoms with Gasteiger partial charge in [0.25, 0.3) is 11.5 Å². The SMILES string of the molecule is COc1ccc(-n2ncc(Oc3ccccc3)c(Nc3cccc(C(=O)NCc4ccncc4)c3)c2=O)cc1. The molecular weight excluding hydrogens is 494 g/mol. The van der Waals surface area contributed by atoms with Gasteiger partial charge in [-0.2, -0.15) is 9.78 Å². The number of carbonyl (C=O) groups excluding carboxylic acids is 1. The Morgan fingerprint density at radius 2 is 1.67 bits per heavy atom. The summed E-state index contributed by atoms with van der Waals surface area (Å²) in [7, 11) is 1.57. The standard InChI is InChI=1S/C30H25N5O4/c1-38-25-12-10-24(11-13-25)35-30(37)28(27(20-33-35)39-26-8-3-2-4-9-26)34-23-7-5-6-22(18-23)29(36)32-19-21-14-16-31-17-15-21/h2-18,20,34H,19H2,1H3,(H,32,36). The highest BCUT2D eigenvalue weighted by Crippen LogP contribution is 2.29. The van der Waals surface area contributed by atoms with Gasteiger partial charge in [-0.1, -0.05) is 24.3 Å². The Bertz CT molecular complexity index is 1620. The number of rotatable bonds is 9. The van der Waals surface area contributed by atoms with E-state index in [0.717, 1.165) is 5.56 Å². The molecule has 9 nitrogen and oxygen atoms in total. The van der Waals surface area contributed by atoms with E-state index in [9.17, 15) is 9.59 Å². The van der Waals surface area contributed by atoms with E-state index in [1.165, 1.54) is 10.9 Å². The number of anilines is 2. The highest BCUT2D eigenvalue weighted by atomic mass is 16.5. The lowest BCUT2D eigenvalue weighted by Crippen LogP contribution is -2.24. The summed E-state index contributed by atoms with van der Waals surface area (Å²) in [6.45, 7) is 0.366. The molecule has 2 heterocycles. The van der Waals surface area contributed by atoms with Crippen LogP contribution in [0, 0.1) is 0 Å². The molecule has 39 heavy (non-hydrogen) atoms. The molecule has 0 saturated carbocycles. The van der Waals surface area contributed by atoms with Crippen LogP contribution in [-0.2, 0) is 6.54 Å². The maximum Gasteiger partial charge on any atom is 0.299 e. The fraction of sp³-hybridized carbons (Fsp3) is 0.0667. The van der Waals surface area contributed by atoms with Crippen LogP contribution >= 0.6 is 0 Å². The second-order valence-electron chi connectivity index (χ2n) is 8.46. The van der Waals surface area contributed by atoms with Gasteiger partial charge in [0.05, 0.1) is 19.0 Å². The smallest absolute Gasteiger partial charge is 0.299 e. The predicted molar refractivity (Wildman–Crippen MR) is 148 cm³/mol. The molecule has 0 spiro atoms. The number of methoxy groups -OCH3 is 1. The van der Waals surface area contributed by atoms with Crippen LogP contribution in [0.2, 0.25) is 0 Å². The molecule has 5 aromatic rings. The Morgan fingerprint density at radius 1 is 0.897 bits per heavy atom. The number of pyridine rings is 1. The normalized spacial score (nSPS) is 10.5. The lowest BCUT2D eigenvalue weighted by molar-refractivity contribution is 0.0951. The van der Waals surface area contributed by atoms with Crippen LogP contribution in [-0.4, -0.2) is 27.8 Å². The highest BCUT2D eigenvalue weighted by Gasteiger charge is 2.16. The molecule has 2 aromatic heterocycles. The number of benzene rings is 3. The van der Waals surface area contributed by atoms with Crippen molar-refractivity contribution in [3.63, 3.8) is 0 Å². The first-order valence-electron chi connectivity index (χ1n) is 12.1. The number of aromatic nitrogens is 3. The average Bonchev–Trinajstić information content (AvgIpc) is 2.99. The number of nitrogens with zero attached hydrogens (tertiary/aromatic N) is 3. The number of carbonyl (C=O) groups is 1. The van der Waals surface area contributed by atoms with E-state index in [-0.39, 0.29) is 17.3 Å². The van der Waals surface area contributed by atoms with Crippen LogP contribution in [0.3, 0.4) is 0 Å². The number of nitrogens with one attached hydrogen (secondary N) is 2. The first-order chi connectivity index (χ1) is 19.1. The molecule has 0 aliphatic carbocycles. The van der Waals surface area contributed by atoms with Gasteiger partial charge >= 0.3 is 0 Å². The molecule has 0 bridgehead atoms. The van der Waals surface area contributed by atoms with E-state index < -0.39 is 5.56 Å². The third-order valence-electron chi connectivity index (χ3n) is 5.83. The van der Waals surface area contributed by atoms with E-state index in [1.807, 2.05) is 30.3 Å². The van der Waals surface area contributed by atoms with Crippen LogP contribution in [0.5, 0.6) is 17.2 Å². The Kier molecular flexibility index (Phi) is 7.59. The van der Waals surface area contributed by atoms with Crippen LogP contribution in [0.4, 0.5) is 11.4 Å². The minimum atomic E-state index is -0.430. The zero-order valence-electron chi connectivity index (χ0n) is 21.1. The zero-order valence-corrected chi connectivity index (χ0v) is 21.1. The first-order valence-corrected chi connectivity index (χ1v) is 12.1. The minimum Gasteiger partial charge on any atom is -0.497 e. The molecular formula is C30H25N5O4. The summed E-state index contributed by atoms with van der Waals surface area (Å²) in [5.74, 6) is 1.20. The van der Waals surface area contributed by atoms with E-state index in [1.54, 1.807) is 80.2 Å². The van der Waals surface area contributed by atoms with Crippen LogP contribution in [0.15, 0.2) is 114 Å². The van der Waals surface area contributed by atoms with Gasteiger partial charge in [-0.05, 0) is 72.3 Å². The summed E-state index contributed by atoms with van der Waals surface area (Å²) in [4.78, 5) is 30.5. The quantitative estimate of drug-likeness (QED) is 0.279. The predicted octanol–water partition coefficient (Wildman–Crippen LogP) is 5.10. The second-order valence-corrected chi connectivity index (χ2v) is 8.46. The van der Waals surface area contributed by atoms with Crippen molar-refractivity contribution >= 4 is 17.3 Å². The molecule has 0 saturated heterocycles. The van der Waals surface area contributed by atoms with Gasteiger partial charge in [0.15, 0.2) is 11.4 Å². The monoisotopic (exact) mass is 519 g/mol. The molecule has 2 N–H and O–H groups in total. The maximum absolute atomic E-state index is 13.7. The van der Waals surface area contributed by atoms with E-state index in [4.69, 9.17) is 9.47 Å². The van der Waals surface area contributed by atoms with Gasteiger partial charge in [-0.25, -0.2) is 0 Å². The summed E-state index contributed by atoms with van der Waals surface area (Å²) >= 11 is 0. The largest absolute Gasteiger partial charge is 0.497 e. The van der Waals surface area contributed by atoms with Gasteiger partial charge in [-0.3, -0.25) is 14.6 Å². The highest BCUT2D eigenvalue weighted by molar-refractivity contribution is 5.95. The number of amides is 1. The van der Waals surface area contributed by atoms with Gasteiger partial charge < -0.3 is 20.1 Å². The Morgan fingerprint density at radius 3 is 2.41 bits per heavy atom. The summed E-state index contributed by atoms with van der Waals surface area (Å²) < 4.78 is 12.5. The molecule has 1 amide bonds. The third-order valence-corrected chi connectivity index (χ3v) is 5.83. The summed E-state index contributed by atoms with van der Waals surface area (Å²) in [5.41, 5.74) is 2.20. The Balaban J connectivity index is 1.45. The summed E-state index contributed by atoms with van der Waals surface area (Å²) in [6, 6.07) is 26.6. The number of hydrogen-bond acceptors (Lipinski definition) is 7. The van der Waals surface area contributed by atoms with Crippen LogP contribution < -0.4 is 25.7 Å². The molecule has 5 rings (SSSR count). The second kappa shape index (κ2) is 11.7. The average molecular weight is 520 g/mol. The third kappa shape index (κ3) is 6.11. The first kappa shape index (κ1) is 25.2. The fourth-order valence-electron chi connectivity index (χ4n) is 3.82. The molecule has 0 aliphatic heterocycles. The van der Waals surface area contributed by atoms with E-state index >= 15 is 0 Å². The topological polar surface area (TPSA) is 107 Å². The lowest BCUT2D eigenvalue weighted by atomic mass is 10.1. The molecule has 194 valence electrons. The maximum atomic E-state index is 13.7. The minimum absolute atomic E-state index is 0.166. The number of hydrogen-bond donors (Lipinski definition) is 2. The van der Waals surface area contributed by atoms with E-state index in [0.29, 0.717) is 35.0 Å². The van der Waals surface area contributed by atoms with Crippen molar-refractivity contribution in [1.29, 1.82) is 0 Å². The van der Waals surface area contributed by atoms with Gasteiger partial charge in [0, 0.05) is 30.2 Å². The molecule has 0 fully saturated rings. The van der Waals surface area contributed by atoms with E-state index in [2.05, 4.69) is 20.7 Å². The molecule has 9 heteroatoms. The van der Waals surface area contributed by atoms with Crippen molar-refractivity contribution < 1.29 is 14.3 Å². The molecule has 0 radical (unpaired) electrons. The van der Waals surface area contributed by atoms with Gasteiger partial charge in [-0.15, -0.1) is 0 Å². The molecule has 0 aliphatic rings. The molecule has 3 aromatic carbocycles. The van der Waals surface area contributed by atoms with Crippen molar-refractivity contribution in [1.82, 2.24) is 20.1 Å².